The molecule has 3 heteroatoms. The Kier molecular flexibility index (Phi) is 3.69. The van der Waals surface area contributed by atoms with Gasteiger partial charge >= 0.3 is 5.97 Å². The third-order valence-corrected chi connectivity index (χ3v) is 2.81. The summed E-state index contributed by atoms with van der Waals surface area (Å²) in [5.41, 5.74) is 0.809. The summed E-state index contributed by atoms with van der Waals surface area (Å²) in [6.45, 7) is 5.54. The third kappa shape index (κ3) is 3.14. The van der Waals surface area contributed by atoms with Crippen molar-refractivity contribution in [3.63, 3.8) is 0 Å². The van der Waals surface area contributed by atoms with Gasteiger partial charge in [-0.05, 0) is 39.7 Å². The number of hydrogen-bond donors (Lipinski definition) is 2. The van der Waals surface area contributed by atoms with Crippen molar-refractivity contribution in [1.82, 2.24) is 5.32 Å². The first-order valence-electron chi connectivity index (χ1n) is 5.14. The second-order valence-electron chi connectivity index (χ2n) is 4.51. The zero-order chi connectivity index (χ0) is 10.6. The predicted octanol–water partition coefficient (Wildman–Crippen LogP) is 1.80. The maximum Gasteiger partial charge on any atom is 0.309 e. The molecule has 1 heterocycles. The largest absolute Gasteiger partial charge is 0.481 e. The van der Waals surface area contributed by atoms with E-state index in [2.05, 4.69) is 11.4 Å². The summed E-state index contributed by atoms with van der Waals surface area (Å²) in [6, 6.07) is 0. The van der Waals surface area contributed by atoms with Crippen LogP contribution in [0, 0.1) is 5.41 Å². The molecule has 0 aromatic carbocycles. The lowest BCUT2D eigenvalue weighted by atomic mass is 9.85. The molecule has 0 aliphatic carbocycles. The summed E-state index contributed by atoms with van der Waals surface area (Å²) in [6.07, 6.45) is 4.90. The number of carboxylic acid groups (broad SMARTS) is 1. The molecule has 0 radical (unpaired) electrons. The fraction of sp³-hybridized carbons (Fsp3) is 0.727. The van der Waals surface area contributed by atoms with Crippen LogP contribution in [0.15, 0.2) is 11.6 Å². The minimum atomic E-state index is -0.702. The zero-order valence-corrected chi connectivity index (χ0v) is 8.97. The summed E-state index contributed by atoms with van der Waals surface area (Å²) in [5.74, 6) is -0.702. The van der Waals surface area contributed by atoms with Crippen LogP contribution < -0.4 is 5.32 Å². The third-order valence-electron chi connectivity index (χ3n) is 2.81. The van der Waals surface area contributed by atoms with Crippen LogP contribution in [-0.4, -0.2) is 24.2 Å². The van der Waals surface area contributed by atoms with Gasteiger partial charge in [0.1, 0.15) is 0 Å². The van der Waals surface area contributed by atoms with Crippen LogP contribution in [0.5, 0.6) is 0 Å². The molecule has 0 amide bonds. The van der Waals surface area contributed by atoms with E-state index in [1.165, 1.54) is 5.57 Å². The van der Waals surface area contributed by atoms with Gasteiger partial charge in [-0.15, -0.1) is 0 Å². The first kappa shape index (κ1) is 11.2. The Bertz CT molecular complexity index is 244. The van der Waals surface area contributed by atoms with E-state index in [1.54, 1.807) is 13.8 Å². The van der Waals surface area contributed by atoms with E-state index in [1.807, 2.05) is 0 Å². The highest BCUT2D eigenvalue weighted by Crippen LogP contribution is 2.26. The van der Waals surface area contributed by atoms with Gasteiger partial charge in [0, 0.05) is 6.54 Å². The molecule has 0 unspecified atom stereocenters. The fourth-order valence-electron chi connectivity index (χ4n) is 1.48. The normalized spacial score (nSPS) is 17.7. The Balaban J connectivity index is 2.39. The number of rotatable bonds is 4. The standard InChI is InChI=1S/C11H19NO2/c1-11(2,10(13)14)6-3-9-4-7-12-8-5-9/h4,12H,3,5-8H2,1-2H3,(H,13,14). The molecule has 0 bridgehead atoms. The second-order valence-corrected chi connectivity index (χ2v) is 4.51. The van der Waals surface area contributed by atoms with Gasteiger partial charge in [-0.25, -0.2) is 0 Å². The number of carboxylic acids is 1. The Labute approximate surface area is 85.2 Å². The van der Waals surface area contributed by atoms with Crippen molar-refractivity contribution in [2.45, 2.75) is 33.1 Å². The Hall–Kier alpha value is -0.830. The van der Waals surface area contributed by atoms with Crippen LogP contribution >= 0.6 is 0 Å². The molecule has 0 aromatic rings. The van der Waals surface area contributed by atoms with E-state index in [-0.39, 0.29) is 0 Å². The molecule has 14 heavy (non-hydrogen) atoms. The molecule has 2 N–H and O–H groups in total. The molecular formula is C11H19NO2. The Morgan fingerprint density at radius 3 is 2.86 bits per heavy atom. The van der Waals surface area contributed by atoms with Crippen LogP contribution in [0.25, 0.3) is 0 Å². The lowest BCUT2D eigenvalue weighted by Crippen LogP contribution is -2.25. The van der Waals surface area contributed by atoms with E-state index < -0.39 is 11.4 Å². The quantitative estimate of drug-likeness (QED) is 0.676. The molecule has 1 rings (SSSR count). The van der Waals surface area contributed by atoms with Crippen molar-refractivity contribution >= 4 is 5.97 Å². The summed E-state index contributed by atoms with van der Waals surface area (Å²) < 4.78 is 0. The number of nitrogens with one attached hydrogen (secondary N) is 1. The van der Waals surface area contributed by atoms with E-state index in [4.69, 9.17) is 5.11 Å². The maximum absolute atomic E-state index is 10.9. The summed E-state index contributed by atoms with van der Waals surface area (Å²) in [7, 11) is 0. The molecule has 0 spiro atoms. The van der Waals surface area contributed by atoms with Crippen LogP contribution in [-0.2, 0) is 4.79 Å². The van der Waals surface area contributed by atoms with Gasteiger partial charge in [-0.3, -0.25) is 4.79 Å². The summed E-state index contributed by atoms with van der Waals surface area (Å²) >= 11 is 0. The Morgan fingerprint density at radius 2 is 2.36 bits per heavy atom. The number of carbonyl (C=O) groups is 1. The lowest BCUT2D eigenvalue weighted by Gasteiger charge is -2.21. The van der Waals surface area contributed by atoms with Gasteiger partial charge in [0.2, 0.25) is 0 Å². The van der Waals surface area contributed by atoms with Gasteiger partial charge in [-0.1, -0.05) is 11.6 Å². The molecule has 0 saturated carbocycles. The van der Waals surface area contributed by atoms with Gasteiger partial charge in [-0.2, -0.15) is 0 Å². The predicted molar refractivity (Wildman–Crippen MR) is 56.2 cm³/mol. The van der Waals surface area contributed by atoms with Crippen molar-refractivity contribution in [3.05, 3.63) is 11.6 Å². The van der Waals surface area contributed by atoms with E-state index in [0.29, 0.717) is 0 Å². The van der Waals surface area contributed by atoms with Gasteiger partial charge in [0.25, 0.3) is 0 Å². The van der Waals surface area contributed by atoms with Crippen molar-refractivity contribution in [2.75, 3.05) is 13.1 Å². The molecule has 3 nitrogen and oxygen atoms in total. The summed E-state index contributed by atoms with van der Waals surface area (Å²) in [5, 5.41) is 12.2. The van der Waals surface area contributed by atoms with Crippen molar-refractivity contribution < 1.29 is 9.90 Å². The van der Waals surface area contributed by atoms with Crippen LogP contribution in [0.2, 0.25) is 0 Å². The first-order valence-corrected chi connectivity index (χ1v) is 5.14. The van der Waals surface area contributed by atoms with Crippen LogP contribution in [0.1, 0.15) is 33.1 Å². The zero-order valence-electron chi connectivity index (χ0n) is 8.97. The molecular weight excluding hydrogens is 178 g/mol. The topological polar surface area (TPSA) is 49.3 Å². The molecule has 0 atom stereocenters. The first-order chi connectivity index (χ1) is 6.52. The average molecular weight is 197 g/mol. The van der Waals surface area contributed by atoms with Crippen LogP contribution in [0.4, 0.5) is 0 Å². The molecule has 0 aromatic heterocycles. The highest BCUT2D eigenvalue weighted by Gasteiger charge is 2.26. The smallest absolute Gasteiger partial charge is 0.309 e. The Morgan fingerprint density at radius 1 is 1.64 bits per heavy atom. The fourth-order valence-corrected chi connectivity index (χ4v) is 1.48. The van der Waals surface area contributed by atoms with Gasteiger partial charge in [0.05, 0.1) is 5.41 Å². The highest BCUT2D eigenvalue weighted by atomic mass is 16.4. The minimum Gasteiger partial charge on any atom is -0.481 e. The van der Waals surface area contributed by atoms with Crippen LogP contribution in [0.3, 0.4) is 0 Å². The molecule has 80 valence electrons. The van der Waals surface area contributed by atoms with Gasteiger partial charge < -0.3 is 10.4 Å². The number of aliphatic carboxylic acids is 1. The highest BCUT2D eigenvalue weighted by molar-refractivity contribution is 5.73. The van der Waals surface area contributed by atoms with E-state index >= 15 is 0 Å². The molecule has 1 aliphatic heterocycles. The SMILES string of the molecule is CC(C)(CCC1=CCNCC1)C(=O)O. The van der Waals surface area contributed by atoms with Crippen molar-refractivity contribution in [3.8, 4) is 0 Å². The van der Waals surface area contributed by atoms with E-state index in [9.17, 15) is 4.79 Å². The average Bonchev–Trinajstić information content (AvgIpc) is 2.16. The van der Waals surface area contributed by atoms with Crippen molar-refractivity contribution in [2.24, 2.45) is 5.41 Å². The summed E-state index contributed by atoms with van der Waals surface area (Å²) in [4.78, 5) is 10.9. The minimum absolute atomic E-state index is 0.592. The molecule has 0 fully saturated rings. The van der Waals surface area contributed by atoms with Crippen molar-refractivity contribution in [1.29, 1.82) is 0 Å². The number of hydrogen-bond acceptors (Lipinski definition) is 2. The van der Waals surface area contributed by atoms with E-state index in [0.717, 1.165) is 32.4 Å². The maximum atomic E-state index is 10.9. The lowest BCUT2D eigenvalue weighted by molar-refractivity contribution is -0.147. The monoisotopic (exact) mass is 197 g/mol. The van der Waals surface area contributed by atoms with Gasteiger partial charge in [0.15, 0.2) is 0 Å². The second kappa shape index (κ2) is 4.60. The molecule has 0 saturated heterocycles. The molecule has 1 aliphatic rings.